The van der Waals surface area contributed by atoms with Crippen LogP contribution < -0.4 is 25.0 Å². The highest BCUT2D eigenvalue weighted by atomic mass is 16.6. The summed E-state index contributed by atoms with van der Waals surface area (Å²) in [6.07, 6.45) is 1.33. The molecule has 0 spiro atoms. The van der Waals surface area contributed by atoms with Gasteiger partial charge in [-0.05, 0) is 73.0 Å². The first-order chi connectivity index (χ1) is 16.8. The number of esters is 1. The van der Waals surface area contributed by atoms with E-state index in [1.165, 1.54) is 26.5 Å². The van der Waals surface area contributed by atoms with E-state index in [1.807, 2.05) is 26.0 Å². The van der Waals surface area contributed by atoms with Gasteiger partial charge in [0.15, 0.2) is 11.5 Å². The summed E-state index contributed by atoms with van der Waals surface area (Å²) in [4.78, 5) is 36.7. The number of nitrogens with zero attached hydrogens (tertiary/aromatic N) is 1. The summed E-state index contributed by atoms with van der Waals surface area (Å²) >= 11 is 0. The number of carbonyl (C=O) groups is 3. The standard InChI is InChI=1S/C26H25N3O6/c1-16-8-9-17(2)21(12-16)28-24(30)25(31)29-27-15-18-10-11-22(23(13-18)34-4)35-26(32)19-6-5-7-20(14-19)33-3/h5-15H,1-4H3,(H,28,30)(H,29,31). The minimum atomic E-state index is -0.919. The minimum absolute atomic E-state index is 0.203. The fraction of sp³-hybridized carbons (Fsp3) is 0.154. The van der Waals surface area contributed by atoms with E-state index in [9.17, 15) is 14.4 Å². The highest BCUT2D eigenvalue weighted by Crippen LogP contribution is 2.28. The van der Waals surface area contributed by atoms with Crippen LogP contribution in [-0.2, 0) is 9.59 Å². The molecule has 0 aromatic heterocycles. The monoisotopic (exact) mass is 475 g/mol. The summed E-state index contributed by atoms with van der Waals surface area (Å²) < 4.78 is 15.9. The van der Waals surface area contributed by atoms with Crippen LogP contribution in [0.3, 0.4) is 0 Å². The van der Waals surface area contributed by atoms with Gasteiger partial charge in [-0.15, -0.1) is 0 Å². The van der Waals surface area contributed by atoms with Crippen LogP contribution >= 0.6 is 0 Å². The molecule has 3 rings (SSSR count). The highest BCUT2D eigenvalue weighted by molar-refractivity contribution is 6.39. The van der Waals surface area contributed by atoms with E-state index >= 15 is 0 Å². The Morgan fingerprint density at radius 1 is 0.857 bits per heavy atom. The van der Waals surface area contributed by atoms with Gasteiger partial charge in [-0.1, -0.05) is 18.2 Å². The third-order valence-corrected chi connectivity index (χ3v) is 4.92. The predicted octanol–water partition coefficient (Wildman–Crippen LogP) is 3.63. The maximum Gasteiger partial charge on any atom is 0.343 e. The lowest BCUT2D eigenvalue weighted by Crippen LogP contribution is -2.32. The number of anilines is 1. The van der Waals surface area contributed by atoms with Gasteiger partial charge < -0.3 is 19.5 Å². The number of carbonyl (C=O) groups excluding carboxylic acids is 3. The Morgan fingerprint density at radius 3 is 2.40 bits per heavy atom. The molecule has 3 aromatic carbocycles. The first-order valence-corrected chi connectivity index (χ1v) is 10.6. The van der Waals surface area contributed by atoms with Crippen LogP contribution in [0.4, 0.5) is 5.69 Å². The van der Waals surface area contributed by atoms with Gasteiger partial charge >= 0.3 is 17.8 Å². The van der Waals surface area contributed by atoms with Crippen LogP contribution in [0.1, 0.15) is 27.0 Å². The summed E-state index contributed by atoms with van der Waals surface area (Å²) in [6, 6.07) is 16.8. The van der Waals surface area contributed by atoms with Crippen LogP contribution in [0.15, 0.2) is 65.8 Å². The normalized spacial score (nSPS) is 10.5. The predicted molar refractivity (Wildman–Crippen MR) is 131 cm³/mol. The molecule has 0 radical (unpaired) electrons. The smallest absolute Gasteiger partial charge is 0.343 e. The largest absolute Gasteiger partial charge is 0.497 e. The van der Waals surface area contributed by atoms with Crippen molar-refractivity contribution in [3.05, 3.63) is 82.9 Å². The summed E-state index contributed by atoms with van der Waals surface area (Å²) in [6.45, 7) is 3.72. The van der Waals surface area contributed by atoms with Crippen molar-refractivity contribution in [2.75, 3.05) is 19.5 Å². The van der Waals surface area contributed by atoms with Crippen molar-refractivity contribution in [3.8, 4) is 17.2 Å². The molecule has 180 valence electrons. The number of amides is 2. The number of methoxy groups -OCH3 is 2. The number of hydrogen-bond donors (Lipinski definition) is 2. The Balaban J connectivity index is 1.62. The SMILES string of the molecule is COc1cccc(C(=O)Oc2ccc(C=NNC(=O)C(=O)Nc3cc(C)ccc3C)cc2OC)c1. The molecule has 0 aliphatic heterocycles. The third kappa shape index (κ3) is 6.67. The molecule has 0 bridgehead atoms. The number of benzene rings is 3. The molecule has 0 atom stereocenters. The van der Waals surface area contributed by atoms with Crippen LogP contribution in [-0.4, -0.2) is 38.2 Å². The van der Waals surface area contributed by atoms with Gasteiger partial charge in [0.05, 0.1) is 26.0 Å². The van der Waals surface area contributed by atoms with Crippen molar-refractivity contribution in [1.29, 1.82) is 0 Å². The third-order valence-electron chi connectivity index (χ3n) is 4.92. The first-order valence-electron chi connectivity index (χ1n) is 10.6. The van der Waals surface area contributed by atoms with E-state index < -0.39 is 17.8 Å². The summed E-state index contributed by atoms with van der Waals surface area (Å²) in [7, 11) is 2.94. The first kappa shape index (κ1) is 25.0. The zero-order valence-electron chi connectivity index (χ0n) is 19.7. The van der Waals surface area contributed by atoms with Crippen molar-refractivity contribution < 1.29 is 28.6 Å². The Bertz CT molecular complexity index is 1290. The van der Waals surface area contributed by atoms with Crippen LogP contribution in [0.5, 0.6) is 17.2 Å². The highest BCUT2D eigenvalue weighted by Gasteiger charge is 2.15. The molecule has 35 heavy (non-hydrogen) atoms. The van der Waals surface area contributed by atoms with Crippen molar-refractivity contribution in [3.63, 3.8) is 0 Å². The summed E-state index contributed by atoms with van der Waals surface area (Å²) in [5.41, 5.74) is 5.38. The molecule has 2 amide bonds. The van der Waals surface area contributed by atoms with Crippen molar-refractivity contribution >= 4 is 29.7 Å². The van der Waals surface area contributed by atoms with E-state index in [1.54, 1.807) is 42.5 Å². The molecular weight excluding hydrogens is 450 g/mol. The molecule has 0 unspecified atom stereocenters. The average Bonchev–Trinajstić information content (AvgIpc) is 2.86. The van der Waals surface area contributed by atoms with Crippen LogP contribution in [0.25, 0.3) is 0 Å². The van der Waals surface area contributed by atoms with Gasteiger partial charge in [0.25, 0.3) is 0 Å². The maximum absolute atomic E-state index is 12.5. The minimum Gasteiger partial charge on any atom is -0.497 e. The van der Waals surface area contributed by atoms with Crippen molar-refractivity contribution in [2.24, 2.45) is 5.10 Å². The Labute approximate surface area is 202 Å². The second-order valence-corrected chi connectivity index (χ2v) is 7.50. The Morgan fingerprint density at radius 2 is 1.66 bits per heavy atom. The van der Waals surface area contributed by atoms with Gasteiger partial charge in [0.1, 0.15) is 5.75 Å². The molecule has 0 saturated carbocycles. The molecule has 0 aliphatic carbocycles. The molecule has 0 heterocycles. The fourth-order valence-corrected chi connectivity index (χ4v) is 3.02. The second kappa shape index (κ2) is 11.5. The lowest BCUT2D eigenvalue weighted by molar-refractivity contribution is -0.136. The zero-order chi connectivity index (χ0) is 25.4. The van der Waals surface area contributed by atoms with Gasteiger partial charge in [-0.3, -0.25) is 9.59 Å². The van der Waals surface area contributed by atoms with Crippen LogP contribution in [0, 0.1) is 13.8 Å². The second-order valence-electron chi connectivity index (χ2n) is 7.50. The Hall–Kier alpha value is -4.66. The quantitative estimate of drug-likeness (QED) is 0.177. The number of nitrogens with one attached hydrogen (secondary N) is 2. The number of aryl methyl sites for hydroxylation is 2. The van der Waals surface area contributed by atoms with E-state index in [4.69, 9.17) is 14.2 Å². The van der Waals surface area contributed by atoms with Crippen molar-refractivity contribution in [1.82, 2.24) is 5.43 Å². The molecule has 3 aromatic rings. The molecule has 0 saturated heterocycles. The van der Waals surface area contributed by atoms with E-state index in [0.717, 1.165) is 11.1 Å². The lowest BCUT2D eigenvalue weighted by Gasteiger charge is -2.10. The molecule has 0 aliphatic rings. The molecule has 2 N–H and O–H groups in total. The number of hydrazone groups is 1. The van der Waals surface area contributed by atoms with E-state index in [0.29, 0.717) is 22.6 Å². The van der Waals surface area contributed by atoms with Crippen LogP contribution in [0.2, 0.25) is 0 Å². The lowest BCUT2D eigenvalue weighted by atomic mass is 10.1. The molecule has 9 heteroatoms. The number of rotatable bonds is 7. The number of ether oxygens (including phenoxy) is 3. The molecule has 9 nitrogen and oxygen atoms in total. The fourth-order valence-electron chi connectivity index (χ4n) is 3.02. The van der Waals surface area contributed by atoms with E-state index in [-0.39, 0.29) is 11.5 Å². The van der Waals surface area contributed by atoms with Gasteiger partial charge in [-0.25, -0.2) is 10.2 Å². The molecular formula is C26H25N3O6. The van der Waals surface area contributed by atoms with Gasteiger partial charge in [0.2, 0.25) is 0 Å². The maximum atomic E-state index is 12.5. The molecule has 0 fully saturated rings. The topological polar surface area (TPSA) is 115 Å². The van der Waals surface area contributed by atoms with Gasteiger partial charge in [-0.2, -0.15) is 5.10 Å². The average molecular weight is 476 g/mol. The zero-order valence-corrected chi connectivity index (χ0v) is 19.7. The Kier molecular flexibility index (Phi) is 8.18. The van der Waals surface area contributed by atoms with E-state index in [2.05, 4.69) is 15.8 Å². The summed E-state index contributed by atoms with van der Waals surface area (Å²) in [5, 5.41) is 6.38. The van der Waals surface area contributed by atoms with Crippen molar-refractivity contribution in [2.45, 2.75) is 13.8 Å². The van der Waals surface area contributed by atoms with Gasteiger partial charge in [0, 0.05) is 5.69 Å². The number of hydrogen-bond acceptors (Lipinski definition) is 7. The summed E-state index contributed by atoms with van der Waals surface area (Å²) in [5.74, 6) is -1.32.